The van der Waals surface area contributed by atoms with Gasteiger partial charge >= 0.3 is 0 Å². The molecule has 4 heteroatoms. The molecule has 1 heterocycles. The van der Waals surface area contributed by atoms with Crippen molar-refractivity contribution in [3.63, 3.8) is 0 Å². The number of rotatable bonds is 3. The summed E-state index contributed by atoms with van der Waals surface area (Å²) in [5, 5.41) is 1.05. The first-order valence-corrected chi connectivity index (χ1v) is 9.56. The molecule has 0 N–H and O–H groups in total. The number of thiazole rings is 1. The summed E-state index contributed by atoms with van der Waals surface area (Å²) < 4.78 is 2.30. The number of halogens is 1. The molecule has 0 fully saturated rings. The van der Waals surface area contributed by atoms with Crippen LogP contribution in [0.15, 0.2) is 76.2 Å². The predicted octanol–water partition coefficient (Wildman–Crippen LogP) is 6.78. The lowest BCUT2D eigenvalue weighted by molar-refractivity contribution is 1.45. The van der Waals surface area contributed by atoms with Gasteiger partial charge in [0.25, 0.3) is 0 Å². The van der Waals surface area contributed by atoms with Crippen LogP contribution in [0.1, 0.15) is 11.1 Å². The third-order valence-electron chi connectivity index (χ3n) is 3.89. The van der Waals surface area contributed by atoms with Crippen LogP contribution >= 0.6 is 27.3 Å². The lowest BCUT2D eigenvalue weighted by Gasteiger charge is -1.98. The Morgan fingerprint density at radius 3 is 2.48 bits per heavy atom. The maximum atomic E-state index is 4.73. The first kappa shape index (κ1) is 16.2. The second kappa shape index (κ2) is 6.90. The molecule has 0 aliphatic rings. The Labute approximate surface area is 159 Å². The van der Waals surface area contributed by atoms with Crippen molar-refractivity contribution < 1.29 is 0 Å². The zero-order valence-corrected chi connectivity index (χ0v) is 16.0. The summed E-state index contributed by atoms with van der Waals surface area (Å²) in [6, 6.07) is 22.7. The van der Waals surface area contributed by atoms with Gasteiger partial charge in [0.1, 0.15) is 5.01 Å². The van der Waals surface area contributed by atoms with E-state index < -0.39 is 0 Å². The Bertz CT molecular complexity index is 1050. The van der Waals surface area contributed by atoms with Crippen molar-refractivity contribution in [2.75, 3.05) is 0 Å². The molecule has 25 heavy (non-hydrogen) atoms. The van der Waals surface area contributed by atoms with Crippen LogP contribution in [-0.4, -0.2) is 11.2 Å². The van der Waals surface area contributed by atoms with Gasteiger partial charge in [-0.25, -0.2) is 4.98 Å². The molecule has 0 bridgehead atoms. The van der Waals surface area contributed by atoms with Crippen LogP contribution in [0.5, 0.6) is 0 Å². The molecule has 0 aliphatic heterocycles. The third-order valence-corrected chi connectivity index (χ3v) is 5.49. The van der Waals surface area contributed by atoms with Crippen LogP contribution in [-0.2, 0) is 0 Å². The SMILES string of the molecule is Cc1ccc2nc(-c3ccc(N=Cc4ccc(Br)cc4)cc3)sc2c1. The van der Waals surface area contributed by atoms with E-state index in [0.717, 1.165) is 31.8 Å². The first-order chi connectivity index (χ1) is 12.2. The lowest BCUT2D eigenvalue weighted by atomic mass is 10.2. The fourth-order valence-electron chi connectivity index (χ4n) is 2.54. The molecular formula is C21H15BrN2S. The molecule has 0 amide bonds. The molecular weight excluding hydrogens is 392 g/mol. The fourth-order valence-corrected chi connectivity index (χ4v) is 3.88. The van der Waals surface area contributed by atoms with E-state index in [0.29, 0.717) is 0 Å². The topological polar surface area (TPSA) is 25.2 Å². The third kappa shape index (κ3) is 3.70. The summed E-state index contributed by atoms with van der Waals surface area (Å²) in [5.41, 5.74) is 5.46. The van der Waals surface area contributed by atoms with Gasteiger partial charge in [0.05, 0.1) is 15.9 Å². The Morgan fingerprint density at radius 1 is 0.960 bits per heavy atom. The van der Waals surface area contributed by atoms with Crippen molar-refractivity contribution in [3.8, 4) is 10.6 Å². The number of fused-ring (bicyclic) bond motifs is 1. The molecule has 4 aromatic rings. The second-order valence-corrected chi connectivity index (χ2v) is 7.79. The average molecular weight is 407 g/mol. The van der Waals surface area contributed by atoms with Gasteiger partial charge in [0.15, 0.2) is 0 Å². The molecule has 0 atom stereocenters. The van der Waals surface area contributed by atoms with Gasteiger partial charge in [-0.15, -0.1) is 11.3 Å². The zero-order valence-electron chi connectivity index (χ0n) is 13.6. The molecule has 122 valence electrons. The summed E-state index contributed by atoms with van der Waals surface area (Å²) in [4.78, 5) is 9.27. The maximum absolute atomic E-state index is 4.73. The standard InChI is InChI=1S/C21H15BrN2S/c1-14-2-11-19-20(12-14)25-21(24-19)16-5-9-18(10-6-16)23-13-15-3-7-17(22)8-4-15/h2-13H,1H3. The molecule has 0 unspecified atom stereocenters. The van der Waals surface area contributed by atoms with E-state index in [9.17, 15) is 0 Å². The van der Waals surface area contributed by atoms with Gasteiger partial charge in [0, 0.05) is 16.3 Å². The van der Waals surface area contributed by atoms with Crippen LogP contribution in [0.3, 0.4) is 0 Å². The highest BCUT2D eigenvalue weighted by Gasteiger charge is 2.06. The summed E-state index contributed by atoms with van der Waals surface area (Å²) in [6.45, 7) is 2.11. The Kier molecular flexibility index (Phi) is 4.47. The van der Waals surface area contributed by atoms with Gasteiger partial charge in [-0.05, 0) is 66.6 Å². The molecule has 4 rings (SSSR count). The monoisotopic (exact) mass is 406 g/mol. The molecule has 1 aromatic heterocycles. The number of benzene rings is 3. The summed E-state index contributed by atoms with van der Waals surface area (Å²) in [5.74, 6) is 0. The fraction of sp³-hybridized carbons (Fsp3) is 0.0476. The van der Waals surface area contributed by atoms with Crippen LogP contribution in [0.2, 0.25) is 0 Å². The van der Waals surface area contributed by atoms with Crippen molar-refractivity contribution in [3.05, 3.63) is 82.3 Å². The zero-order chi connectivity index (χ0) is 17.2. The highest BCUT2D eigenvalue weighted by Crippen LogP contribution is 2.31. The van der Waals surface area contributed by atoms with E-state index in [2.05, 4.69) is 58.2 Å². The summed E-state index contributed by atoms with van der Waals surface area (Å²) >= 11 is 5.17. The number of nitrogens with zero attached hydrogens (tertiary/aromatic N) is 2. The number of aliphatic imine (C=N–C) groups is 1. The molecule has 3 aromatic carbocycles. The Morgan fingerprint density at radius 2 is 1.72 bits per heavy atom. The van der Waals surface area contributed by atoms with E-state index in [1.54, 1.807) is 11.3 Å². The van der Waals surface area contributed by atoms with Gasteiger partial charge in [-0.1, -0.05) is 34.1 Å². The first-order valence-electron chi connectivity index (χ1n) is 7.95. The van der Waals surface area contributed by atoms with Crippen molar-refractivity contribution >= 4 is 49.4 Å². The quantitative estimate of drug-likeness (QED) is 0.344. The Balaban J connectivity index is 1.57. The van der Waals surface area contributed by atoms with Crippen LogP contribution in [0.4, 0.5) is 5.69 Å². The van der Waals surface area contributed by atoms with E-state index >= 15 is 0 Å². The van der Waals surface area contributed by atoms with E-state index in [-0.39, 0.29) is 0 Å². The van der Waals surface area contributed by atoms with Crippen LogP contribution in [0.25, 0.3) is 20.8 Å². The highest BCUT2D eigenvalue weighted by atomic mass is 79.9. The molecule has 0 radical (unpaired) electrons. The normalized spacial score (nSPS) is 11.4. The molecule has 0 saturated carbocycles. The Hall–Kier alpha value is -2.30. The van der Waals surface area contributed by atoms with E-state index in [1.165, 1.54) is 10.3 Å². The van der Waals surface area contributed by atoms with Gasteiger partial charge in [0.2, 0.25) is 0 Å². The van der Waals surface area contributed by atoms with E-state index in [4.69, 9.17) is 4.98 Å². The minimum Gasteiger partial charge on any atom is -0.256 e. The summed E-state index contributed by atoms with van der Waals surface area (Å²) in [7, 11) is 0. The predicted molar refractivity (Wildman–Crippen MR) is 111 cm³/mol. The molecule has 0 spiro atoms. The number of hydrogen-bond donors (Lipinski definition) is 0. The highest BCUT2D eigenvalue weighted by molar-refractivity contribution is 9.10. The number of aryl methyl sites for hydroxylation is 1. The largest absolute Gasteiger partial charge is 0.256 e. The second-order valence-electron chi connectivity index (χ2n) is 5.85. The maximum Gasteiger partial charge on any atom is 0.124 e. The smallest absolute Gasteiger partial charge is 0.124 e. The van der Waals surface area contributed by atoms with Gasteiger partial charge in [-0.2, -0.15) is 0 Å². The van der Waals surface area contributed by atoms with Crippen molar-refractivity contribution in [2.45, 2.75) is 6.92 Å². The minimum absolute atomic E-state index is 0.934. The van der Waals surface area contributed by atoms with Crippen molar-refractivity contribution in [1.29, 1.82) is 0 Å². The van der Waals surface area contributed by atoms with Crippen LogP contribution in [0, 0.1) is 6.92 Å². The van der Waals surface area contributed by atoms with Gasteiger partial charge < -0.3 is 0 Å². The number of hydrogen-bond acceptors (Lipinski definition) is 3. The number of aromatic nitrogens is 1. The van der Waals surface area contributed by atoms with Crippen molar-refractivity contribution in [1.82, 2.24) is 4.98 Å². The van der Waals surface area contributed by atoms with Crippen LogP contribution < -0.4 is 0 Å². The molecule has 2 nitrogen and oxygen atoms in total. The minimum atomic E-state index is 0.934. The summed E-state index contributed by atoms with van der Waals surface area (Å²) in [6.07, 6.45) is 1.88. The molecule has 0 saturated heterocycles. The average Bonchev–Trinajstić information content (AvgIpc) is 3.05. The van der Waals surface area contributed by atoms with Gasteiger partial charge in [-0.3, -0.25) is 4.99 Å². The molecule has 0 aliphatic carbocycles. The van der Waals surface area contributed by atoms with E-state index in [1.807, 2.05) is 42.6 Å². The van der Waals surface area contributed by atoms with Crippen molar-refractivity contribution in [2.24, 2.45) is 4.99 Å². The lowest BCUT2D eigenvalue weighted by Crippen LogP contribution is -1.79.